The number of ketones is 1. The predicted octanol–water partition coefficient (Wildman–Crippen LogP) is 0.589. The van der Waals surface area contributed by atoms with Gasteiger partial charge in [-0.05, 0) is 6.92 Å². The van der Waals surface area contributed by atoms with Crippen molar-refractivity contribution in [2.24, 2.45) is 16.1 Å². The molecule has 1 rings (SSSR count). The molecule has 0 aromatic heterocycles. The van der Waals surface area contributed by atoms with E-state index in [4.69, 9.17) is 0 Å². The molecule has 1 aliphatic rings. The maximum atomic E-state index is 11.4. The minimum atomic E-state index is -1.38. The predicted molar refractivity (Wildman–Crippen MR) is 44.3 cm³/mol. The molecule has 0 saturated carbocycles. The highest BCUT2D eigenvalue weighted by Crippen LogP contribution is 2.31. The van der Waals surface area contributed by atoms with Gasteiger partial charge in [0.2, 0.25) is 5.54 Å². The van der Waals surface area contributed by atoms with Crippen LogP contribution in [0.5, 0.6) is 0 Å². The fourth-order valence-corrected chi connectivity index (χ4v) is 1.46. The van der Waals surface area contributed by atoms with Gasteiger partial charge >= 0.3 is 5.97 Å². The van der Waals surface area contributed by atoms with Crippen LogP contribution in [0, 0.1) is 5.92 Å². The molecule has 2 atom stereocenters. The number of carbonyl (C=O) groups is 2. The number of Topliss-reactive ketones (excluding diaryl/α,β-unsaturated/α-hetero) is 1. The molecule has 72 valence electrons. The van der Waals surface area contributed by atoms with Crippen LogP contribution in [0.25, 0.3) is 0 Å². The normalized spacial score (nSPS) is 31.8. The van der Waals surface area contributed by atoms with Crippen molar-refractivity contribution in [2.45, 2.75) is 19.4 Å². The van der Waals surface area contributed by atoms with Crippen molar-refractivity contribution in [1.82, 2.24) is 0 Å². The zero-order valence-electron chi connectivity index (χ0n) is 7.90. The molecule has 0 radical (unpaired) electrons. The van der Waals surface area contributed by atoms with Crippen LogP contribution in [0.1, 0.15) is 13.8 Å². The smallest absolute Gasteiger partial charge is 0.343 e. The summed E-state index contributed by atoms with van der Waals surface area (Å²) in [6.07, 6.45) is 0. The Bertz CT molecular complexity index is 275. The summed E-state index contributed by atoms with van der Waals surface area (Å²) in [5, 5.41) is 7.43. The van der Waals surface area contributed by atoms with E-state index in [2.05, 4.69) is 15.0 Å². The first-order chi connectivity index (χ1) is 6.05. The minimum absolute atomic E-state index is 0.211. The molecule has 0 spiro atoms. The van der Waals surface area contributed by atoms with Crippen molar-refractivity contribution in [3.05, 3.63) is 0 Å². The Hall–Kier alpha value is -1.26. The lowest BCUT2D eigenvalue weighted by Crippen LogP contribution is -2.48. The van der Waals surface area contributed by atoms with Gasteiger partial charge in [-0.3, -0.25) is 4.79 Å². The lowest BCUT2D eigenvalue weighted by molar-refractivity contribution is -0.152. The Balaban J connectivity index is 3.08. The van der Waals surface area contributed by atoms with E-state index in [1.165, 1.54) is 14.0 Å². The number of ether oxygens (including phenoxy) is 1. The van der Waals surface area contributed by atoms with Gasteiger partial charge in [0.1, 0.15) is 0 Å². The molecule has 5 nitrogen and oxygen atoms in total. The van der Waals surface area contributed by atoms with Crippen molar-refractivity contribution in [3.8, 4) is 0 Å². The molecule has 0 fully saturated rings. The summed E-state index contributed by atoms with van der Waals surface area (Å²) in [6.45, 7) is 3.49. The minimum Gasteiger partial charge on any atom is -0.467 e. The van der Waals surface area contributed by atoms with Gasteiger partial charge in [-0.25, -0.2) is 4.79 Å². The van der Waals surface area contributed by atoms with Crippen molar-refractivity contribution < 1.29 is 14.3 Å². The van der Waals surface area contributed by atoms with Crippen LogP contribution in [-0.2, 0) is 14.3 Å². The Morgan fingerprint density at radius 1 is 1.54 bits per heavy atom. The molecule has 0 amide bonds. The Kier molecular flexibility index (Phi) is 2.45. The van der Waals surface area contributed by atoms with E-state index >= 15 is 0 Å². The highest BCUT2D eigenvalue weighted by atomic mass is 16.5. The first-order valence-corrected chi connectivity index (χ1v) is 4.03. The highest BCUT2D eigenvalue weighted by Gasteiger charge is 2.52. The topological polar surface area (TPSA) is 68.1 Å². The molecule has 0 aliphatic carbocycles. The number of azo groups is 1. The molecule has 1 heterocycles. The van der Waals surface area contributed by atoms with E-state index in [-0.39, 0.29) is 11.7 Å². The van der Waals surface area contributed by atoms with Gasteiger partial charge in [0, 0.05) is 5.92 Å². The molecule has 0 N–H and O–H groups in total. The number of hydrogen-bond acceptors (Lipinski definition) is 5. The van der Waals surface area contributed by atoms with Crippen LogP contribution >= 0.6 is 0 Å². The average Bonchev–Trinajstić information content (AvgIpc) is 2.47. The van der Waals surface area contributed by atoms with E-state index in [1.54, 1.807) is 6.92 Å². The number of rotatable bonds is 2. The van der Waals surface area contributed by atoms with Gasteiger partial charge in [-0.2, -0.15) is 10.2 Å². The maximum Gasteiger partial charge on any atom is 0.343 e. The summed E-state index contributed by atoms with van der Waals surface area (Å²) >= 11 is 0. The molecule has 5 heteroatoms. The molecule has 0 unspecified atom stereocenters. The van der Waals surface area contributed by atoms with Crippen molar-refractivity contribution in [2.75, 3.05) is 13.7 Å². The van der Waals surface area contributed by atoms with E-state index < -0.39 is 11.5 Å². The second-order valence-corrected chi connectivity index (χ2v) is 3.14. The van der Waals surface area contributed by atoms with Crippen molar-refractivity contribution in [1.29, 1.82) is 0 Å². The van der Waals surface area contributed by atoms with E-state index in [0.29, 0.717) is 6.54 Å². The van der Waals surface area contributed by atoms with E-state index in [0.717, 1.165) is 0 Å². The third-order valence-electron chi connectivity index (χ3n) is 2.33. The molecule has 0 bridgehead atoms. The Morgan fingerprint density at radius 3 is 2.46 bits per heavy atom. The fourth-order valence-electron chi connectivity index (χ4n) is 1.46. The highest BCUT2D eigenvalue weighted by molar-refractivity contribution is 6.08. The van der Waals surface area contributed by atoms with Gasteiger partial charge < -0.3 is 4.74 Å². The summed E-state index contributed by atoms with van der Waals surface area (Å²) in [4.78, 5) is 22.7. The Morgan fingerprint density at radius 2 is 2.15 bits per heavy atom. The zero-order chi connectivity index (χ0) is 10.1. The molecule has 0 aromatic carbocycles. The second-order valence-electron chi connectivity index (χ2n) is 3.14. The SMILES string of the molecule is COC(=O)[C@@]1(C(C)=O)N=NC[C@@H]1C. The van der Waals surface area contributed by atoms with Gasteiger partial charge in [0.15, 0.2) is 5.78 Å². The van der Waals surface area contributed by atoms with Gasteiger partial charge in [0.25, 0.3) is 0 Å². The third-order valence-corrected chi connectivity index (χ3v) is 2.33. The number of hydrogen-bond donors (Lipinski definition) is 0. The van der Waals surface area contributed by atoms with Crippen LogP contribution in [-0.4, -0.2) is 30.9 Å². The number of nitrogens with zero attached hydrogens (tertiary/aromatic N) is 2. The van der Waals surface area contributed by atoms with Crippen LogP contribution in [0.2, 0.25) is 0 Å². The fraction of sp³-hybridized carbons (Fsp3) is 0.750. The van der Waals surface area contributed by atoms with Crippen LogP contribution < -0.4 is 0 Å². The van der Waals surface area contributed by atoms with Gasteiger partial charge in [0.05, 0.1) is 13.7 Å². The molecule has 13 heavy (non-hydrogen) atoms. The quantitative estimate of drug-likeness (QED) is 0.466. The standard InChI is InChI=1S/C8H12N2O3/c1-5-4-9-10-8(5,6(2)11)7(12)13-3/h5H,4H2,1-3H3/t5-,8+/m0/s1. The molecule has 0 saturated heterocycles. The lowest BCUT2D eigenvalue weighted by Gasteiger charge is -2.22. The average molecular weight is 184 g/mol. The van der Waals surface area contributed by atoms with Gasteiger partial charge in [-0.1, -0.05) is 6.92 Å². The summed E-state index contributed by atoms with van der Waals surface area (Å²) in [5.41, 5.74) is -1.38. The maximum absolute atomic E-state index is 11.4. The third kappa shape index (κ3) is 1.24. The first kappa shape index (κ1) is 9.83. The van der Waals surface area contributed by atoms with Crippen molar-refractivity contribution >= 4 is 11.8 Å². The summed E-state index contributed by atoms with van der Waals surface area (Å²) in [5.74, 6) is -1.14. The van der Waals surface area contributed by atoms with E-state index in [1.807, 2.05) is 0 Å². The molecule has 1 aliphatic heterocycles. The summed E-state index contributed by atoms with van der Waals surface area (Å²) < 4.78 is 4.56. The van der Waals surface area contributed by atoms with Crippen LogP contribution in [0.15, 0.2) is 10.2 Å². The monoisotopic (exact) mass is 184 g/mol. The van der Waals surface area contributed by atoms with E-state index in [9.17, 15) is 9.59 Å². The molecule has 0 aromatic rings. The summed E-state index contributed by atoms with van der Waals surface area (Å²) in [6, 6.07) is 0. The first-order valence-electron chi connectivity index (χ1n) is 4.03. The van der Waals surface area contributed by atoms with Gasteiger partial charge in [-0.15, -0.1) is 0 Å². The number of methoxy groups -OCH3 is 1. The molecular weight excluding hydrogens is 172 g/mol. The second kappa shape index (κ2) is 3.24. The van der Waals surface area contributed by atoms with Crippen molar-refractivity contribution in [3.63, 3.8) is 0 Å². The largest absolute Gasteiger partial charge is 0.467 e. The molecular formula is C8H12N2O3. The number of carbonyl (C=O) groups excluding carboxylic acids is 2. The Labute approximate surface area is 76.2 Å². The number of esters is 1. The van der Waals surface area contributed by atoms with Crippen LogP contribution in [0.3, 0.4) is 0 Å². The van der Waals surface area contributed by atoms with Crippen LogP contribution in [0.4, 0.5) is 0 Å². The lowest BCUT2D eigenvalue weighted by atomic mass is 9.84. The zero-order valence-corrected chi connectivity index (χ0v) is 7.90. The summed E-state index contributed by atoms with van der Waals surface area (Å²) in [7, 11) is 1.24.